The van der Waals surface area contributed by atoms with Gasteiger partial charge in [-0.1, -0.05) is 29.8 Å². The maximum atomic E-state index is 12.0. The fourth-order valence-electron chi connectivity index (χ4n) is 2.49. The van der Waals surface area contributed by atoms with Crippen molar-refractivity contribution in [2.24, 2.45) is 0 Å². The first-order valence-electron chi connectivity index (χ1n) is 9.22. The highest BCUT2D eigenvalue weighted by Crippen LogP contribution is 2.14. The lowest BCUT2D eigenvalue weighted by atomic mass is 10.1. The highest BCUT2D eigenvalue weighted by molar-refractivity contribution is 7.89. The van der Waals surface area contributed by atoms with Crippen molar-refractivity contribution in [2.75, 3.05) is 27.2 Å². The van der Waals surface area contributed by atoms with Gasteiger partial charge in [0.25, 0.3) is 0 Å². The van der Waals surface area contributed by atoms with E-state index in [0.717, 1.165) is 9.87 Å². The Morgan fingerprint density at radius 1 is 1.00 bits per heavy atom. The number of hydrogen-bond acceptors (Lipinski definition) is 5. The van der Waals surface area contributed by atoms with Gasteiger partial charge in [-0.05, 0) is 43.2 Å². The summed E-state index contributed by atoms with van der Waals surface area (Å²) in [7, 11) is -0.670. The summed E-state index contributed by atoms with van der Waals surface area (Å²) >= 11 is 0. The molecule has 156 valence electrons. The van der Waals surface area contributed by atoms with Crippen LogP contribution < -0.4 is 5.32 Å². The van der Waals surface area contributed by atoms with E-state index in [0.29, 0.717) is 12.8 Å². The summed E-state index contributed by atoms with van der Waals surface area (Å²) in [5.41, 5.74) is 2.51. The van der Waals surface area contributed by atoms with Gasteiger partial charge < -0.3 is 10.1 Å². The van der Waals surface area contributed by atoms with Crippen LogP contribution in [0.4, 0.5) is 0 Å². The predicted molar refractivity (Wildman–Crippen MR) is 110 cm³/mol. The molecule has 0 aliphatic carbocycles. The van der Waals surface area contributed by atoms with Crippen molar-refractivity contribution in [3.63, 3.8) is 0 Å². The summed E-state index contributed by atoms with van der Waals surface area (Å²) in [5.74, 6) is -0.687. The lowest BCUT2D eigenvalue weighted by molar-refractivity contribution is -0.121. The van der Waals surface area contributed by atoms with E-state index in [-0.39, 0.29) is 29.5 Å². The Bertz CT molecular complexity index is 936. The number of esters is 1. The summed E-state index contributed by atoms with van der Waals surface area (Å²) in [4.78, 5) is 24.0. The maximum Gasteiger partial charge on any atom is 0.338 e. The number of carbonyl (C=O) groups is 2. The molecule has 0 atom stereocenters. The van der Waals surface area contributed by atoms with Crippen LogP contribution in [0.5, 0.6) is 0 Å². The maximum absolute atomic E-state index is 12.0. The Kier molecular flexibility index (Phi) is 7.92. The number of carbonyl (C=O) groups excluding carboxylic acids is 2. The molecular formula is C21H26N2O5S. The number of rotatable bonds is 9. The number of nitrogens with one attached hydrogen (secondary N) is 1. The monoisotopic (exact) mass is 418 g/mol. The quantitative estimate of drug-likeness (QED) is 0.498. The van der Waals surface area contributed by atoms with Crippen LogP contribution in [0, 0.1) is 6.92 Å². The fraction of sp³-hybridized carbons (Fsp3) is 0.333. The minimum atomic E-state index is -3.54. The zero-order valence-electron chi connectivity index (χ0n) is 16.8. The Morgan fingerprint density at radius 3 is 2.21 bits per heavy atom. The first-order chi connectivity index (χ1) is 13.7. The van der Waals surface area contributed by atoms with Crippen molar-refractivity contribution in [1.29, 1.82) is 0 Å². The molecule has 0 aliphatic heterocycles. The molecule has 0 bridgehead atoms. The minimum Gasteiger partial charge on any atom is -0.460 e. The predicted octanol–water partition coefficient (Wildman–Crippen LogP) is 2.15. The van der Waals surface area contributed by atoms with Crippen molar-refractivity contribution in [1.82, 2.24) is 9.62 Å². The number of hydrogen-bond donors (Lipinski definition) is 1. The molecule has 0 heterocycles. The highest BCUT2D eigenvalue weighted by atomic mass is 32.2. The van der Waals surface area contributed by atoms with Gasteiger partial charge in [0.15, 0.2) is 0 Å². The van der Waals surface area contributed by atoms with E-state index in [2.05, 4.69) is 5.32 Å². The summed E-state index contributed by atoms with van der Waals surface area (Å²) in [6, 6.07) is 13.5. The van der Waals surface area contributed by atoms with E-state index in [1.165, 1.54) is 43.9 Å². The van der Waals surface area contributed by atoms with Gasteiger partial charge in [0.1, 0.15) is 6.61 Å². The van der Waals surface area contributed by atoms with Crippen molar-refractivity contribution < 1.29 is 22.7 Å². The normalized spacial score (nSPS) is 11.3. The number of ether oxygens (including phenoxy) is 1. The fourth-order valence-corrected chi connectivity index (χ4v) is 3.39. The van der Waals surface area contributed by atoms with Gasteiger partial charge in [-0.25, -0.2) is 17.5 Å². The van der Waals surface area contributed by atoms with E-state index >= 15 is 0 Å². The van der Waals surface area contributed by atoms with Gasteiger partial charge >= 0.3 is 5.97 Å². The summed E-state index contributed by atoms with van der Waals surface area (Å²) in [6.45, 7) is 2.26. The number of nitrogens with zero attached hydrogens (tertiary/aromatic N) is 1. The van der Waals surface area contributed by atoms with Crippen LogP contribution in [-0.4, -0.2) is 51.8 Å². The van der Waals surface area contributed by atoms with Crippen LogP contribution in [0.2, 0.25) is 0 Å². The van der Waals surface area contributed by atoms with Crippen LogP contribution in [0.15, 0.2) is 53.4 Å². The van der Waals surface area contributed by atoms with E-state index in [4.69, 9.17) is 4.74 Å². The third-order valence-electron chi connectivity index (χ3n) is 4.29. The molecule has 0 aliphatic rings. The Morgan fingerprint density at radius 2 is 1.62 bits per heavy atom. The molecule has 0 radical (unpaired) electrons. The van der Waals surface area contributed by atoms with Crippen LogP contribution >= 0.6 is 0 Å². The largest absolute Gasteiger partial charge is 0.460 e. The SMILES string of the molecule is Cc1ccc(CCC(=O)NCCOC(=O)c2ccc(S(=O)(=O)N(C)C)cc2)cc1. The zero-order valence-corrected chi connectivity index (χ0v) is 17.7. The second kappa shape index (κ2) is 10.2. The molecule has 2 rings (SSSR count). The molecule has 0 unspecified atom stereocenters. The zero-order chi connectivity index (χ0) is 21.4. The molecule has 8 heteroatoms. The van der Waals surface area contributed by atoms with Crippen molar-refractivity contribution in [3.05, 3.63) is 65.2 Å². The summed E-state index contributed by atoms with van der Waals surface area (Å²) < 4.78 is 30.2. The van der Waals surface area contributed by atoms with Crippen LogP contribution in [0.3, 0.4) is 0 Å². The third kappa shape index (κ3) is 6.69. The van der Waals surface area contributed by atoms with E-state index in [9.17, 15) is 18.0 Å². The van der Waals surface area contributed by atoms with Crippen LogP contribution in [0.25, 0.3) is 0 Å². The summed E-state index contributed by atoms with van der Waals surface area (Å²) in [6.07, 6.45) is 1.01. The number of benzene rings is 2. The second-order valence-corrected chi connectivity index (χ2v) is 8.94. The van der Waals surface area contributed by atoms with E-state index in [1.54, 1.807) is 0 Å². The molecule has 1 N–H and O–H groups in total. The van der Waals surface area contributed by atoms with E-state index in [1.807, 2.05) is 31.2 Å². The van der Waals surface area contributed by atoms with Crippen molar-refractivity contribution in [3.8, 4) is 0 Å². The van der Waals surface area contributed by atoms with Gasteiger partial charge in [-0.3, -0.25) is 4.79 Å². The standard InChI is InChI=1S/C21H26N2O5S/c1-16-4-6-17(7-5-16)8-13-20(24)22-14-15-28-21(25)18-9-11-19(12-10-18)29(26,27)23(2)3/h4-7,9-12H,8,13-15H2,1-3H3,(H,22,24). The molecular weight excluding hydrogens is 392 g/mol. The number of sulfonamides is 1. The molecule has 2 aromatic carbocycles. The van der Waals surface area contributed by atoms with Gasteiger partial charge in [-0.2, -0.15) is 0 Å². The Hall–Kier alpha value is -2.71. The van der Waals surface area contributed by atoms with Crippen LogP contribution in [-0.2, 0) is 26.0 Å². The molecule has 0 spiro atoms. The lowest BCUT2D eigenvalue weighted by Crippen LogP contribution is -2.28. The smallest absolute Gasteiger partial charge is 0.338 e. The van der Waals surface area contributed by atoms with E-state index < -0.39 is 16.0 Å². The molecule has 0 saturated carbocycles. The summed E-state index contributed by atoms with van der Waals surface area (Å²) in [5, 5.41) is 2.71. The Labute approximate surface area is 171 Å². The molecule has 0 aromatic heterocycles. The topological polar surface area (TPSA) is 92.8 Å². The lowest BCUT2D eigenvalue weighted by Gasteiger charge is -2.11. The van der Waals surface area contributed by atoms with Gasteiger partial charge in [0, 0.05) is 20.5 Å². The second-order valence-electron chi connectivity index (χ2n) is 6.78. The minimum absolute atomic E-state index is 0.0346. The van der Waals surface area contributed by atoms with Crippen LogP contribution in [0.1, 0.15) is 27.9 Å². The molecule has 29 heavy (non-hydrogen) atoms. The highest BCUT2D eigenvalue weighted by Gasteiger charge is 2.17. The number of aryl methyl sites for hydroxylation is 2. The van der Waals surface area contributed by atoms with Gasteiger partial charge in [0.2, 0.25) is 15.9 Å². The number of amides is 1. The Balaban J connectivity index is 1.72. The van der Waals surface area contributed by atoms with Crippen molar-refractivity contribution in [2.45, 2.75) is 24.7 Å². The average Bonchev–Trinajstić information content (AvgIpc) is 2.70. The molecule has 2 aromatic rings. The third-order valence-corrected chi connectivity index (χ3v) is 6.12. The van der Waals surface area contributed by atoms with Gasteiger partial charge in [-0.15, -0.1) is 0 Å². The first kappa shape index (κ1) is 22.6. The average molecular weight is 419 g/mol. The molecule has 0 fully saturated rings. The van der Waals surface area contributed by atoms with Crippen molar-refractivity contribution >= 4 is 21.9 Å². The van der Waals surface area contributed by atoms with Gasteiger partial charge in [0.05, 0.1) is 17.0 Å². The molecule has 0 saturated heterocycles. The first-order valence-corrected chi connectivity index (χ1v) is 10.7. The molecule has 7 nitrogen and oxygen atoms in total. The molecule has 1 amide bonds.